The Morgan fingerprint density at radius 2 is 1.20 bits per heavy atom. The maximum atomic E-state index is 14.4. The molecule has 0 radical (unpaired) electrons. The number of guanidine groups is 1. The van der Waals surface area contributed by atoms with Gasteiger partial charge in [0, 0.05) is 32.6 Å². The number of amides is 9. The molecule has 1 aromatic rings. The smallest absolute Gasteiger partial charge is 0.328 e. The molecule has 4 rings (SSSR count). The Balaban J connectivity index is 1.44. The fourth-order valence-electron chi connectivity index (χ4n) is 8.18. The summed E-state index contributed by atoms with van der Waals surface area (Å²) in [4.78, 5) is 135. The van der Waals surface area contributed by atoms with Gasteiger partial charge in [0.2, 0.25) is 53.2 Å². The van der Waals surface area contributed by atoms with Gasteiger partial charge in [0.15, 0.2) is 5.96 Å². The number of carbonyl (C=O) groups excluding carboxylic acids is 9. The van der Waals surface area contributed by atoms with Gasteiger partial charge in [-0.2, -0.15) is 0 Å². The van der Waals surface area contributed by atoms with Crippen LogP contribution in [0.1, 0.15) is 56.9 Å². The number of carbonyl (C=O) groups is 10. The summed E-state index contributed by atoms with van der Waals surface area (Å²) in [5.74, 6) is -8.34. The first-order valence-corrected chi connectivity index (χ1v) is 22.5. The summed E-state index contributed by atoms with van der Waals surface area (Å²) in [7, 11) is 0. The number of aliphatic hydroxyl groups is 2. The fourth-order valence-corrected chi connectivity index (χ4v) is 8.18. The number of carboxylic acid groups (broad SMARTS) is 1. The van der Waals surface area contributed by atoms with E-state index in [1.165, 1.54) is 39.0 Å². The number of hydrogen-bond acceptors (Lipinski definition) is 15. The van der Waals surface area contributed by atoms with Crippen molar-refractivity contribution in [3.63, 3.8) is 0 Å². The second kappa shape index (κ2) is 26.4. The topological polar surface area (TPSA) is 421 Å². The van der Waals surface area contributed by atoms with E-state index in [0.29, 0.717) is 31.2 Å². The summed E-state index contributed by atoms with van der Waals surface area (Å²) in [6, 6.07) is -2.61. The molecule has 69 heavy (non-hydrogen) atoms. The van der Waals surface area contributed by atoms with E-state index in [4.69, 9.17) is 27.1 Å². The zero-order chi connectivity index (χ0) is 50.8. The molecule has 0 spiro atoms. The third kappa shape index (κ3) is 16.0. The minimum atomic E-state index is -1.58. The minimum absolute atomic E-state index is 0.0196. The first kappa shape index (κ1) is 54.5. The van der Waals surface area contributed by atoms with Crippen LogP contribution in [0.25, 0.3) is 0 Å². The molecule has 0 saturated carbocycles. The summed E-state index contributed by atoms with van der Waals surface area (Å²) >= 11 is 0. The van der Waals surface area contributed by atoms with Gasteiger partial charge >= 0.3 is 5.97 Å². The predicted molar refractivity (Wildman–Crippen MR) is 240 cm³/mol. The summed E-state index contributed by atoms with van der Waals surface area (Å²) in [5, 5.41) is 61.8. The average Bonchev–Trinajstić information content (AvgIpc) is 4.14. The van der Waals surface area contributed by atoms with Crippen LogP contribution in [-0.4, -0.2) is 202 Å². The van der Waals surface area contributed by atoms with Crippen molar-refractivity contribution in [3.05, 3.63) is 29.8 Å². The van der Waals surface area contributed by atoms with Crippen LogP contribution >= 0.6 is 0 Å². The molecule has 27 nitrogen and oxygen atoms in total. The van der Waals surface area contributed by atoms with Crippen molar-refractivity contribution in [2.75, 3.05) is 59.0 Å². The Kier molecular flexibility index (Phi) is 20.9. The van der Waals surface area contributed by atoms with Gasteiger partial charge in [-0.25, -0.2) is 4.79 Å². The summed E-state index contributed by atoms with van der Waals surface area (Å²) in [6.07, 6.45) is 2.14. The Bertz CT molecular complexity index is 2060. The van der Waals surface area contributed by atoms with Crippen molar-refractivity contribution in [1.29, 1.82) is 5.41 Å². The van der Waals surface area contributed by atoms with Crippen molar-refractivity contribution < 1.29 is 68.4 Å². The lowest BCUT2D eigenvalue weighted by Crippen LogP contribution is -2.59. The summed E-state index contributed by atoms with van der Waals surface area (Å²) < 4.78 is 0. The lowest BCUT2D eigenvalue weighted by atomic mass is 10.0. The average molecular weight is 974 g/mol. The lowest BCUT2D eigenvalue weighted by molar-refractivity contribution is -0.147. The van der Waals surface area contributed by atoms with E-state index in [0.717, 1.165) is 0 Å². The van der Waals surface area contributed by atoms with Crippen LogP contribution < -0.4 is 48.7 Å². The van der Waals surface area contributed by atoms with Crippen molar-refractivity contribution in [1.82, 2.24) is 51.9 Å². The largest absolute Gasteiger partial charge is 0.508 e. The van der Waals surface area contributed by atoms with Gasteiger partial charge in [0.05, 0.1) is 32.8 Å². The number of benzene rings is 1. The van der Waals surface area contributed by atoms with E-state index in [2.05, 4.69) is 31.9 Å². The van der Waals surface area contributed by atoms with Crippen LogP contribution in [0.2, 0.25) is 0 Å². The molecule has 16 N–H and O–H groups in total. The number of aliphatic hydroxyl groups excluding tert-OH is 2. The number of hydrogen-bond donors (Lipinski definition) is 14. The molecule has 380 valence electrons. The van der Waals surface area contributed by atoms with Gasteiger partial charge in [0.25, 0.3) is 0 Å². The number of aliphatic carboxylic acids is 1. The molecule has 0 aromatic heterocycles. The zero-order valence-corrected chi connectivity index (χ0v) is 37.9. The van der Waals surface area contributed by atoms with Crippen molar-refractivity contribution in [2.24, 2.45) is 11.5 Å². The molecule has 3 aliphatic rings. The number of aromatic hydroxyl groups is 1. The molecular formula is C42H63N13O14. The van der Waals surface area contributed by atoms with Crippen molar-refractivity contribution in [3.8, 4) is 5.75 Å². The number of likely N-dealkylation sites (tertiary alicyclic amines) is 3. The minimum Gasteiger partial charge on any atom is -0.508 e. The second-order valence-corrected chi connectivity index (χ2v) is 16.7. The SMILES string of the molecule is N=C(N)NCCC[C@H](NC(=O)[C@@H]1CCCN1C(=O)[C@@H]1CCCN1C(=O)[C@@H](N)CO)C(=O)N[C@@H](Cc1ccc(O)cc1)C(=O)N1CCC[C@H]1C(=O)NCC(=O)NCC(=O)NCC(=O)N[C@@H](CO)C(=O)O. The van der Waals surface area contributed by atoms with Crippen LogP contribution in [0.3, 0.4) is 0 Å². The maximum Gasteiger partial charge on any atom is 0.328 e. The molecule has 3 fully saturated rings. The number of carboxylic acids is 1. The van der Waals surface area contributed by atoms with Gasteiger partial charge in [0.1, 0.15) is 48.0 Å². The third-order valence-electron chi connectivity index (χ3n) is 11.8. The summed E-state index contributed by atoms with van der Waals surface area (Å²) in [5.41, 5.74) is 11.7. The Hall–Kier alpha value is -7.13. The number of rotatable bonds is 24. The normalized spacial score (nSPS) is 19.3. The zero-order valence-electron chi connectivity index (χ0n) is 37.9. The first-order valence-electron chi connectivity index (χ1n) is 22.5. The van der Waals surface area contributed by atoms with Crippen LogP contribution in [0.15, 0.2) is 24.3 Å². The molecule has 3 saturated heterocycles. The highest BCUT2D eigenvalue weighted by molar-refractivity contribution is 5.98. The highest BCUT2D eigenvalue weighted by Gasteiger charge is 2.44. The Morgan fingerprint density at radius 1 is 0.652 bits per heavy atom. The fraction of sp³-hybridized carbons (Fsp3) is 0.595. The van der Waals surface area contributed by atoms with Crippen LogP contribution in [-0.2, 0) is 54.4 Å². The highest BCUT2D eigenvalue weighted by atomic mass is 16.4. The number of nitrogens with zero attached hydrogens (tertiary/aromatic N) is 3. The number of nitrogens with one attached hydrogen (secondary N) is 8. The van der Waals surface area contributed by atoms with Gasteiger partial charge in [-0.05, 0) is 69.1 Å². The van der Waals surface area contributed by atoms with Gasteiger partial charge < -0.3 is 83.8 Å². The van der Waals surface area contributed by atoms with E-state index in [-0.39, 0.29) is 70.0 Å². The van der Waals surface area contributed by atoms with E-state index >= 15 is 0 Å². The van der Waals surface area contributed by atoms with Crippen molar-refractivity contribution in [2.45, 2.75) is 100 Å². The summed E-state index contributed by atoms with van der Waals surface area (Å²) in [6.45, 7) is -2.71. The Morgan fingerprint density at radius 3 is 1.78 bits per heavy atom. The second-order valence-electron chi connectivity index (χ2n) is 16.7. The number of phenols is 1. The van der Waals surface area contributed by atoms with Gasteiger partial charge in [-0.15, -0.1) is 0 Å². The van der Waals surface area contributed by atoms with Crippen LogP contribution in [0.4, 0.5) is 0 Å². The molecule has 0 unspecified atom stereocenters. The molecule has 7 atom stereocenters. The number of phenolic OH excluding ortho intramolecular Hbond substituents is 1. The van der Waals surface area contributed by atoms with Crippen LogP contribution in [0, 0.1) is 5.41 Å². The third-order valence-corrected chi connectivity index (χ3v) is 11.8. The van der Waals surface area contributed by atoms with E-state index < -0.39 is 134 Å². The molecule has 27 heteroatoms. The van der Waals surface area contributed by atoms with Gasteiger partial charge in [-0.1, -0.05) is 12.1 Å². The monoisotopic (exact) mass is 973 g/mol. The van der Waals surface area contributed by atoms with Crippen LogP contribution in [0.5, 0.6) is 5.75 Å². The number of nitrogens with two attached hydrogens (primary N) is 2. The molecule has 0 aliphatic carbocycles. The molecule has 3 aliphatic heterocycles. The van der Waals surface area contributed by atoms with E-state index in [1.807, 2.05) is 5.32 Å². The molecular weight excluding hydrogens is 911 g/mol. The molecule has 1 aromatic carbocycles. The predicted octanol–water partition coefficient (Wildman–Crippen LogP) is -6.63. The lowest BCUT2D eigenvalue weighted by Gasteiger charge is -2.33. The van der Waals surface area contributed by atoms with Gasteiger partial charge in [-0.3, -0.25) is 48.6 Å². The molecule has 0 bridgehead atoms. The maximum absolute atomic E-state index is 14.4. The van der Waals surface area contributed by atoms with E-state index in [9.17, 15) is 58.2 Å². The van der Waals surface area contributed by atoms with Crippen molar-refractivity contribution >= 4 is 65.1 Å². The molecule has 9 amide bonds. The first-order chi connectivity index (χ1) is 32.8. The quantitative estimate of drug-likeness (QED) is 0.0260. The standard InChI is InChI=1S/C42H63N13O14/c43-25(21-56)38(65)55-16-4-8-31(55)40(67)54-15-3-7-30(54)37(64)51-26(5-1-13-46-42(44)45)35(62)52-27(17-23-9-11-24(58)12-10-23)39(66)53-14-2-6-29(53)36(63)49-19-33(60)47-18-32(59)48-20-34(61)50-28(22-57)41(68)69/h9-12,25-31,56-58H,1-8,13-22,43H2,(H,47,60)(H,48,59)(H,49,63)(H,50,61)(H,51,64)(H,52,62)(H,68,69)(H4,44,45,46)/t25-,26-,27-,28-,29-,30-,31-/m0/s1. The highest BCUT2D eigenvalue weighted by Crippen LogP contribution is 2.26. The Labute approximate surface area is 396 Å². The van der Waals surface area contributed by atoms with E-state index in [1.54, 1.807) is 0 Å². The molecule has 3 heterocycles.